The molecule has 0 unspecified atom stereocenters. The van der Waals surface area contributed by atoms with E-state index in [1.165, 1.54) is 0 Å². The van der Waals surface area contributed by atoms with Crippen LogP contribution in [0.2, 0.25) is 0 Å². The van der Waals surface area contributed by atoms with Crippen LogP contribution in [0.3, 0.4) is 0 Å². The van der Waals surface area contributed by atoms with E-state index in [0.717, 1.165) is 0 Å². The van der Waals surface area contributed by atoms with Crippen molar-refractivity contribution in [1.82, 2.24) is 5.32 Å². The molecule has 0 atom stereocenters. The molecule has 3 nitrogen and oxygen atoms in total. The molecule has 0 radical (unpaired) electrons. The zero-order valence-corrected chi connectivity index (χ0v) is 10.2. The van der Waals surface area contributed by atoms with Crippen LogP contribution in [0.1, 0.15) is 34.6 Å². The summed E-state index contributed by atoms with van der Waals surface area (Å²) < 4.78 is 0. The van der Waals surface area contributed by atoms with Gasteiger partial charge in [-0.2, -0.15) is 0 Å². The van der Waals surface area contributed by atoms with E-state index in [0.29, 0.717) is 0 Å². The first-order valence-electron chi connectivity index (χ1n) is 3.79. The van der Waals surface area contributed by atoms with Gasteiger partial charge in [0.05, 0.1) is 0 Å². The first-order chi connectivity index (χ1) is 4.67. The molecule has 4 N–H and O–H groups in total. The van der Waals surface area contributed by atoms with E-state index < -0.39 is 0 Å². The van der Waals surface area contributed by atoms with Crippen molar-refractivity contribution in [3.05, 3.63) is 0 Å². The van der Waals surface area contributed by atoms with E-state index in [2.05, 4.69) is 26.1 Å². The van der Waals surface area contributed by atoms with Crippen LogP contribution >= 0.6 is 17.0 Å². The zero-order chi connectivity index (χ0) is 9.28. The third-order valence-corrected chi connectivity index (χ3v) is 2.32. The summed E-state index contributed by atoms with van der Waals surface area (Å²) in [6.45, 7) is 10.4. The molecule has 0 heterocycles. The highest BCUT2D eigenvalue weighted by Crippen LogP contribution is 2.28. The molecule has 0 aliphatic carbocycles. The number of hydrogen-bond acceptors (Lipinski definition) is 1. The molecule has 0 rings (SSSR count). The van der Waals surface area contributed by atoms with E-state index in [-0.39, 0.29) is 33.9 Å². The molecule has 0 aliphatic rings. The van der Waals surface area contributed by atoms with Crippen LogP contribution in [0.15, 0.2) is 0 Å². The highest BCUT2D eigenvalue weighted by atomic mass is 79.9. The molecule has 0 bridgehead atoms. The summed E-state index contributed by atoms with van der Waals surface area (Å²) in [5.74, 6) is 0.0323. The average Bonchev–Trinajstić information content (AvgIpc) is 1.56. The predicted octanol–water partition coefficient (Wildman–Crippen LogP) is 1.87. The predicted molar refractivity (Wildman–Crippen MR) is 58.9 cm³/mol. The van der Waals surface area contributed by atoms with E-state index in [9.17, 15) is 0 Å². The topological polar surface area (TPSA) is 61.9 Å². The minimum absolute atomic E-state index is 0. The van der Waals surface area contributed by atoms with Gasteiger partial charge in [-0.15, -0.1) is 17.0 Å². The van der Waals surface area contributed by atoms with Crippen LogP contribution in [-0.2, 0) is 0 Å². The molecule has 0 aromatic rings. The molecule has 4 heteroatoms. The van der Waals surface area contributed by atoms with Crippen LogP contribution in [0.25, 0.3) is 0 Å². The third kappa shape index (κ3) is 3.95. The molecule has 0 spiro atoms. The third-order valence-electron chi connectivity index (χ3n) is 2.32. The van der Waals surface area contributed by atoms with Crippen molar-refractivity contribution in [3.8, 4) is 0 Å². The van der Waals surface area contributed by atoms with Gasteiger partial charge in [-0.3, -0.25) is 5.41 Å². The van der Waals surface area contributed by atoms with Crippen molar-refractivity contribution in [2.45, 2.75) is 40.2 Å². The Labute approximate surface area is 85.4 Å². The fraction of sp³-hybridized carbons (Fsp3) is 0.875. The van der Waals surface area contributed by atoms with Gasteiger partial charge in [0.1, 0.15) is 0 Å². The van der Waals surface area contributed by atoms with E-state index in [1.54, 1.807) is 0 Å². The van der Waals surface area contributed by atoms with Gasteiger partial charge in [0.15, 0.2) is 5.96 Å². The lowest BCUT2D eigenvalue weighted by atomic mass is 9.76. The maximum atomic E-state index is 7.10. The molecule has 0 fully saturated rings. The lowest BCUT2D eigenvalue weighted by Crippen LogP contribution is -2.54. The molecule has 0 saturated carbocycles. The average molecular weight is 238 g/mol. The van der Waals surface area contributed by atoms with Gasteiger partial charge in [0, 0.05) is 5.54 Å². The van der Waals surface area contributed by atoms with E-state index in [1.807, 2.05) is 13.8 Å². The largest absolute Gasteiger partial charge is 0.370 e. The number of halogens is 1. The SMILES string of the molecule is Br.CC(C)(C)C(C)(C)NC(=N)N. The van der Waals surface area contributed by atoms with Gasteiger partial charge in [0.25, 0.3) is 0 Å². The van der Waals surface area contributed by atoms with Gasteiger partial charge >= 0.3 is 0 Å². The van der Waals surface area contributed by atoms with Gasteiger partial charge in [-0.05, 0) is 19.3 Å². The second-order valence-corrected chi connectivity index (χ2v) is 4.41. The van der Waals surface area contributed by atoms with Gasteiger partial charge in [-0.1, -0.05) is 20.8 Å². The normalized spacial score (nSPS) is 11.8. The Bertz CT molecular complexity index is 158. The van der Waals surface area contributed by atoms with Crippen molar-refractivity contribution in [3.63, 3.8) is 0 Å². The molecule has 0 amide bonds. The van der Waals surface area contributed by atoms with Crippen molar-refractivity contribution < 1.29 is 0 Å². The molecular weight excluding hydrogens is 218 g/mol. The highest BCUT2D eigenvalue weighted by molar-refractivity contribution is 8.93. The lowest BCUT2D eigenvalue weighted by molar-refractivity contribution is 0.203. The van der Waals surface area contributed by atoms with Crippen LogP contribution < -0.4 is 11.1 Å². The van der Waals surface area contributed by atoms with E-state index in [4.69, 9.17) is 11.1 Å². The maximum absolute atomic E-state index is 7.10. The number of hydrogen-bond donors (Lipinski definition) is 3. The van der Waals surface area contributed by atoms with E-state index >= 15 is 0 Å². The maximum Gasteiger partial charge on any atom is 0.186 e. The lowest BCUT2D eigenvalue weighted by Gasteiger charge is -2.39. The Hall–Kier alpha value is -0.250. The summed E-state index contributed by atoms with van der Waals surface area (Å²) in [7, 11) is 0. The van der Waals surface area contributed by atoms with Gasteiger partial charge in [-0.25, -0.2) is 0 Å². The van der Waals surface area contributed by atoms with Crippen molar-refractivity contribution in [1.29, 1.82) is 5.41 Å². The Morgan fingerprint density at radius 2 is 1.50 bits per heavy atom. The van der Waals surface area contributed by atoms with Gasteiger partial charge in [0.2, 0.25) is 0 Å². The smallest absolute Gasteiger partial charge is 0.186 e. The Morgan fingerprint density at radius 1 is 1.17 bits per heavy atom. The Kier molecular flexibility index (Phi) is 4.90. The molecule has 0 aromatic heterocycles. The second kappa shape index (κ2) is 4.12. The van der Waals surface area contributed by atoms with Crippen LogP contribution in [0.4, 0.5) is 0 Å². The summed E-state index contributed by atoms with van der Waals surface area (Å²) in [4.78, 5) is 0. The Balaban J connectivity index is 0. The molecule has 12 heavy (non-hydrogen) atoms. The summed E-state index contributed by atoms with van der Waals surface area (Å²) in [5, 5.41) is 10.0. The summed E-state index contributed by atoms with van der Waals surface area (Å²) >= 11 is 0. The standard InChI is InChI=1S/C8H19N3.BrH/c1-7(2,3)8(4,5)11-6(9)10;/h1-5H3,(H4,9,10,11);1H. The number of nitrogens with two attached hydrogens (primary N) is 1. The van der Waals surface area contributed by atoms with Crippen molar-refractivity contribution in [2.24, 2.45) is 11.1 Å². The summed E-state index contributed by atoms with van der Waals surface area (Å²) in [5.41, 5.74) is 5.20. The van der Waals surface area contributed by atoms with Crippen LogP contribution in [0.5, 0.6) is 0 Å². The first-order valence-corrected chi connectivity index (χ1v) is 3.79. The monoisotopic (exact) mass is 237 g/mol. The summed E-state index contributed by atoms with van der Waals surface area (Å²) in [6, 6.07) is 0. The van der Waals surface area contributed by atoms with Crippen LogP contribution in [-0.4, -0.2) is 11.5 Å². The summed E-state index contributed by atoms with van der Waals surface area (Å²) in [6.07, 6.45) is 0. The first kappa shape index (κ1) is 14.3. The molecule has 74 valence electrons. The van der Waals surface area contributed by atoms with Gasteiger partial charge < -0.3 is 11.1 Å². The second-order valence-electron chi connectivity index (χ2n) is 4.41. The minimum Gasteiger partial charge on any atom is -0.370 e. The number of guanidine groups is 1. The van der Waals surface area contributed by atoms with Crippen molar-refractivity contribution in [2.75, 3.05) is 0 Å². The number of rotatable bonds is 1. The fourth-order valence-electron chi connectivity index (χ4n) is 0.524. The zero-order valence-electron chi connectivity index (χ0n) is 8.49. The quantitative estimate of drug-likeness (QED) is 0.482. The highest BCUT2D eigenvalue weighted by Gasteiger charge is 2.32. The minimum atomic E-state index is -0.140. The molecule has 0 aliphatic heterocycles. The molecule has 0 aromatic carbocycles. The Morgan fingerprint density at radius 3 is 1.58 bits per heavy atom. The molecular formula is C8H20BrN3. The number of nitrogens with one attached hydrogen (secondary N) is 2. The van der Waals surface area contributed by atoms with Crippen molar-refractivity contribution >= 4 is 22.9 Å². The molecule has 0 saturated heterocycles. The fourth-order valence-corrected chi connectivity index (χ4v) is 0.524. The van der Waals surface area contributed by atoms with Crippen LogP contribution in [0, 0.1) is 10.8 Å².